The summed E-state index contributed by atoms with van der Waals surface area (Å²) in [4.78, 5) is 5.58. The number of nitrogens with zero attached hydrogens (tertiary/aromatic N) is 4. The Hall–Kier alpha value is -1.89. The highest BCUT2D eigenvalue weighted by Gasteiger charge is 2.04. The predicted molar refractivity (Wildman–Crippen MR) is 81.9 cm³/mol. The number of guanidine groups is 1. The van der Waals surface area contributed by atoms with Crippen molar-refractivity contribution in [2.24, 2.45) is 4.99 Å². The largest absolute Gasteiger partial charge is 0.356 e. The molecule has 0 saturated carbocycles. The molecular weight excluding hydrogens is 272 g/mol. The van der Waals surface area contributed by atoms with Crippen molar-refractivity contribution < 1.29 is 0 Å². The van der Waals surface area contributed by atoms with Crippen LogP contribution < -0.4 is 10.6 Å². The van der Waals surface area contributed by atoms with Gasteiger partial charge in [-0.05, 0) is 24.8 Å². The van der Waals surface area contributed by atoms with Gasteiger partial charge in [0.15, 0.2) is 11.8 Å². The van der Waals surface area contributed by atoms with E-state index in [0.29, 0.717) is 6.54 Å². The molecule has 0 aliphatic heterocycles. The van der Waals surface area contributed by atoms with Crippen molar-refractivity contribution in [2.75, 3.05) is 13.6 Å². The van der Waals surface area contributed by atoms with E-state index in [2.05, 4.69) is 50.3 Å². The van der Waals surface area contributed by atoms with Crippen LogP contribution >= 0.6 is 11.3 Å². The second kappa shape index (κ2) is 7.64. The van der Waals surface area contributed by atoms with Crippen molar-refractivity contribution in [2.45, 2.75) is 26.4 Å². The molecule has 0 amide bonds. The van der Waals surface area contributed by atoms with Gasteiger partial charge in [-0.3, -0.25) is 4.99 Å². The molecule has 0 fully saturated rings. The molecule has 7 heteroatoms. The molecule has 20 heavy (non-hydrogen) atoms. The highest BCUT2D eigenvalue weighted by atomic mass is 32.1. The van der Waals surface area contributed by atoms with Gasteiger partial charge in [0.2, 0.25) is 0 Å². The smallest absolute Gasteiger partial charge is 0.191 e. The first kappa shape index (κ1) is 14.5. The number of rotatable bonds is 6. The summed E-state index contributed by atoms with van der Waals surface area (Å²) < 4.78 is 2.01. The van der Waals surface area contributed by atoms with Gasteiger partial charge in [0.1, 0.15) is 6.33 Å². The molecule has 0 atom stereocenters. The zero-order chi connectivity index (χ0) is 14.2. The minimum Gasteiger partial charge on any atom is -0.356 e. The third-order valence-electron chi connectivity index (χ3n) is 2.92. The Kier molecular flexibility index (Phi) is 5.55. The van der Waals surface area contributed by atoms with E-state index in [0.717, 1.165) is 31.3 Å². The van der Waals surface area contributed by atoms with Crippen molar-refractivity contribution >= 4 is 17.3 Å². The van der Waals surface area contributed by atoms with Crippen LogP contribution in [0.3, 0.4) is 0 Å². The highest BCUT2D eigenvalue weighted by Crippen LogP contribution is 2.07. The van der Waals surface area contributed by atoms with E-state index < -0.39 is 0 Å². The van der Waals surface area contributed by atoms with Crippen molar-refractivity contribution in [1.82, 2.24) is 25.4 Å². The molecule has 0 bridgehead atoms. The Bertz CT molecular complexity index is 531. The summed E-state index contributed by atoms with van der Waals surface area (Å²) in [5.74, 6) is 1.70. The SMILES string of the molecule is CCn1cnnc1CNC(=NC)NCCc1cccs1. The average Bonchev–Trinajstić information content (AvgIpc) is 3.13. The van der Waals surface area contributed by atoms with Gasteiger partial charge in [0, 0.05) is 25.0 Å². The van der Waals surface area contributed by atoms with E-state index in [1.54, 1.807) is 24.7 Å². The second-order valence-electron chi connectivity index (χ2n) is 4.22. The number of thiophene rings is 1. The molecule has 2 rings (SSSR count). The van der Waals surface area contributed by atoms with Gasteiger partial charge in [-0.15, -0.1) is 21.5 Å². The predicted octanol–water partition coefficient (Wildman–Crippen LogP) is 1.27. The minimum absolute atomic E-state index is 0.618. The summed E-state index contributed by atoms with van der Waals surface area (Å²) in [6.45, 7) is 4.42. The Morgan fingerprint density at radius 3 is 3.05 bits per heavy atom. The van der Waals surface area contributed by atoms with Crippen LogP contribution in [0.25, 0.3) is 0 Å². The molecule has 0 saturated heterocycles. The number of aryl methyl sites for hydroxylation is 1. The maximum absolute atomic E-state index is 4.20. The maximum atomic E-state index is 4.20. The highest BCUT2D eigenvalue weighted by molar-refractivity contribution is 7.09. The Morgan fingerprint density at radius 2 is 2.35 bits per heavy atom. The van der Waals surface area contributed by atoms with Crippen molar-refractivity contribution in [1.29, 1.82) is 0 Å². The van der Waals surface area contributed by atoms with E-state index in [1.165, 1.54) is 4.88 Å². The molecule has 6 nitrogen and oxygen atoms in total. The lowest BCUT2D eigenvalue weighted by Gasteiger charge is -2.11. The lowest BCUT2D eigenvalue weighted by atomic mass is 10.3. The maximum Gasteiger partial charge on any atom is 0.191 e. The van der Waals surface area contributed by atoms with Crippen LogP contribution in [0.15, 0.2) is 28.8 Å². The molecule has 2 aromatic heterocycles. The molecular formula is C13H20N6S. The summed E-state index contributed by atoms with van der Waals surface area (Å²) in [6.07, 6.45) is 2.74. The van der Waals surface area contributed by atoms with Gasteiger partial charge in [-0.1, -0.05) is 6.07 Å². The lowest BCUT2D eigenvalue weighted by Crippen LogP contribution is -2.38. The van der Waals surface area contributed by atoms with Crippen LogP contribution in [0, 0.1) is 0 Å². The number of hydrogen-bond acceptors (Lipinski definition) is 4. The van der Waals surface area contributed by atoms with E-state index in [4.69, 9.17) is 0 Å². The first-order valence-corrected chi connectivity index (χ1v) is 7.55. The van der Waals surface area contributed by atoms with Crippen molar-refractivity contribution in [3.05, 3.63) is 34.5 Å². The fraction of sp³-hybridized carbons (Fsp3) is 0.462. The van der Waals surface area contributed by atoms with E-state index in [9.17, 15) is 0 Å². The fourth-order valence-electron chi connectivity index (χ4n) is 1.82. The van der Waals surface area contributed by atoms with E-state index in [-0.39, 0.29) is 0 Å². The van der Waals surface area contributed by atoms with Crippen molar-refractivity contribution in [3.8, 4) is 0 Å². The quantitative estimate of drug-likeness (QED) is 0.621. The van der Waals surface area contributed by atoms with E-state index in [1.807, 2.05) is 4.57 Å². The molecule has 0 aliphatic rings. The number of aliphatic imine (C=N–C) groups is 1. The summed E-state index contributed by atoms with van der Waals surface area (Å²) in [5.41, 5.74) is 0. The van der Waals surface area contributed by atoms with Gasteiger partial charge >= 0.3 is 0 Å². The molecule has 2 heterocycles. The molecule has 2 aromatic rings. The van der Waals surface area contributed by atoms with Gasteiger partial charge in [-0.25, -0.2) is 0 Å². The zero-order valence-electron chi connectivity index (χ0n) is 11.8. The molecule has 0 unspecified atom stereocenters. The number of hydrogen-bond donors (Lipinski definition) is 2. The lowest BCUT2D eigenvalue weighted by molar-refractivity contribution is 0.670. The minimum atomic E-state index is 0.618. The van der Waals surface area contributed by atoms with Gasteiger partial charge in [0.05, 0.1) is 6.54 Å². The summed E-state index contributed by atoms with van der Waals surface area (Å²) in [5, 5.41) is 16.6. The standard InChI is InChI=1S/C13H20N6S/c1-3-19-10-17-18-12(19)9-16-13(14-2)15-7-6-11-5-4-8-20-11/h4-5,8,10H,3,6-7,9H2,1-2H3,(H2,14,15,16). The first-order valence-electron chi connectivity index (χ1n) is 6.67. The Labute approximate surface area is 123 Å². The summed E-state index contributed by atoms with van der Waals surface area (Å²) >= 11 is 1.78. The topological polar surface area (TPSA) is 67.1 Å². The molecule has 108 valence electrons. The third kappa shape index (κ3) is 4.06. The van der Waals surface area contributed by atoms with E-state index >= 15 is 0 Å². The van der Waals surface area contributed by atoms with Crippen LogP contribution in [0.2, 0.25) is 0 Å². The van der Waals surface area contributed by atoms with Gasteiger partial charge in [-0.2, -0.15) is 0 Å². The number of nitrogens with one attached hydrogen (secondary N) is 2. The zero-order valence-corrected chi connectivity index (χ0v) is 12.7. The normalized spacial score (nSPS) is 11.6. The molecule has 2 N–H and O–H groups in total. The average molecular weight is 292 g/mol. The molecule has 0 aromatic carbocycles. The van der Waals surface area contributed by atoms with Crippen molar-refractivity contribution in [3.63, 3.8) is 0 Å². The fourth-order valence-corrected chi connectivity index (χ4v) is 2.53. The summed E-state index contributed by atoms with van der Waals surface area (Å²) in [7, 11) is 1.77. The first-order chi connectivity index (χ1) is 9.83. The van der Waals surface area contributed by atoms with Crippen LogP contribution in [0.5, 0.6) is 0 Å². The monoisotopic (exact) mass is 292 g/mol. The second-order valence-corrected chi connectivity index (χ2v) is 5.25. The molecule has 0 radical (unpaired) electrons. The van der Waals surface area contributed by atoms with Crippen LogP contribution in [0.4, 0.5) is 0 Å². The van der Waals surface area contributed by atoms with Gasteiger partial charge < -0.3 is 15.2 Å². The molecule has 0 aliphatic carbocycles. The van der Waals surface area contributed by atoms with Crippen LogP contribution in [0.1, 0.15) is 17.6 Å². The van der Waals surface area contributed by atoms with Crippen LogP contribution in [-0.4, -0.2) is 34.3 Å². The number of aromatic nitrogens is 3. The Balaban J connectivity index is 1.75. The molecule has 0 spiro atoms. The Morgan fingerprint density at radius 1 is 1.45 bits per heavy atom. The third-order valence-corrected chi connectivity index (χ3v) is 3.85. The summed E-state index contributed by atoms with van der Waals surface area (Å²) in [6, 6.07) is 4.22. The van der Waals surface area contributed by atoms with Crippen LogP contribution in [-0.2, 0) is 19.5 Å². The van der Waals surface area contributed by atoms with Gasteiger partial charge in [0.25, 0.3) is 0 Å².